The second kappa shape index (κ2) is 11.5. The van der Waals surface area contributed by atoms with Crippen LogP contribution in [0.15, 0.2) is 46.7 Å². The van der Waals surface area contributed by atoms with Crippen molar-refractivity contribution in [2.45, 2.75) is 66.0 Å². The maximum atomic E-state index is 14.1. The number of aliphatic hydroxyl groups excluding tert-OH is 1. The molecule has 0 fully saturated rings. The molecule has 2 aliphatic heterocycles. The topological polar surface area (TPSA) is 154 Å². The molecule has 4 rings (SSSR count). The summed E-state index contributed by atoms with van der Waals surface area (Å²) in [6.07, 6.45) is 7.37. The van der Waals surface area contributed by atoms with Gasteiger partial charge >= 0.3 is 7.52 Å². The number of nitrogens with one attached hydrogen (secondary N) is 2. The number of aromatic amines is 1. The zero-order valence-corrected chi connectivity index (χ0v) is 25.3. The summed E-state index contributed by atoms with van der Waals surface area (Å²) in [5.41, 5.74) is 1.68. The lowest BCUT2D eigenvalue weighted by molar-refractivity contribution is -0.129. The van der Waals surface area contributed by atoms with Gasteiger partial charge in [0.15, 0.2) is 5.84 Å². The molecule has 0 aliphatic carbocycles. The van der Waals surface area contributed by atoms with Gasteiger partial charge in [0.25, 0.3) is 5.91 Å². The van der Waals surface area contributed by atoms with Gasteiger partial charge in [0.1, 0.15) is 21.2 Å². The number of anilines is 1. The van der Waals surface area contributed by atoms with Gasteiger partial charge in [-0.05, 0) is 49.3 Å². The largest absolute Gasteiger partial charge is 0.509 e. The van der Waals surface area contributed by atoms with E-state index in [0.717, 1.165) is 24.0 Å². The molecule has 0 saturated carbocycles. The van der Waals surface area contributed by atoms with Crippen LogP contribution in [0.1, 0.15) is 58.1 Å². The van der Waals surface area contributed by atoms with E-state index in [1.54, 1.807) is 36.4 Å². The van der Waals surface area contributed by atoms with E-state index in [1.165, 1.54) is 6.26 Å². The highest BCUT2D eigenvalue weighted by Gasteiger charge is 2.48. The number of hydrogen-bond acceptors (Lipinski definition) is 8. The van der Waals surface area contributed by atoms with Crippen LogP contribution < -0.4 is 10.6 Å². The third-order valence-corrected chi connectivity index (χ3v) is 9.98. The van der Waals surface area contributed by atoms with Crippen molar-refractivity contribution >= 4 is 40.1 Å². The van der Waals surface area contributed by atoms with Crippen molar-refractivity contribution in [1.29, 1.82) is 0 Å². The van der Waals surface area contributed by atoms with Gasteiger partial charge in [0.05, 0.1) is 29.8 Å². The molecule has 218 valence electrons. The fourth-order valence-corrected chi connectivity index (χ4v) is 7.71. The second-order valence-corrected chi connectivity index (χ2v) is 15.6. The minimum absolute atomic E-state index is 0.0178. The summed E-state index contributed by atoms with van der Waals surface area (Å²) >= 11 is 0. The quantitative estimate of drug-likeness (QED) is 0.261. The number of carbonyl (C=O) groups excluding carboxylic acids is 1. The van der Waals surface area contributed by atoms with Crippen molar-refractivity contribution in [1.82, 2.24) is 15.1 Å². The number of aromatic nitrogens is 2. The first-order valence-corrected chi connectivity index (χ1v) is 17.0. The molecule has 1 amide bonds. The second-order valence-electron chi connectivity index (χ2n) is 11.4. The van der Waals surface area contributed by atoms with E-state index >= 15 is 0 Å². The summed E-state index contributed by atoms with van der Waals surface area (Å²) in [5.74, 6) is -0.384. The molecule has 2 aromatic rings. The van der Waals surface area contributed by atoms with Gasteiger partial charge < -0.3 is 19.8 Å². The average Bonchev–Trinajstić information content (AvgIpc) is 3.44. The molecular formula is C27H38N5O6PS. The van der Waals surface area contributed by atoms with E-state index in [-0.39, 0.29) is 36.1 Å². The van der Waals surface area contributed by atoms with E-state index < -0.39 is 34.7 Å². The Balaban J connectivity index is 1.63. The number of aliphatic hydroxyl groups is 1. The molecule has 0 bridgehead atoms. The van der Waals surface area contributed by atoms with Crippen molar-refractivity contribution in [2.75, 3.05) is 23.9 Å². The predicted octanol–water partition coefficient (Wildman–Crippen LogP) is 4.12. The van der Waals surface area contributed by atoms with Crippen LogP contribution in [0.3, 0.4) is 0 Å². The van der Waals surface area contributed by atoms with Crippen LogP contribution in [0, 0.1) is 5.41 Å². The number of H-pyrrole nitrogens is 1. The summed E-state index contributed by atoms with van der Waals surface area (Å²) in [7, 11) is -6.76. The molecule has 0 radical (unpaired) electrons. The smallest absolute Gasteiger partial charge is 0.348 e. The molecule has 2 aliphatic rings. The first kappa shape index (κ1) is 30.0. The van der Waals surface area contributed by atoms with Crippen molar-refractivity contribution < 1.29 is 27.4 Å². The molecule has 11 nitrogen and oxygen atoms in total. The van der Waals surface area contributed by atoms with Crippen LogP contribution in [0.25, 0.3) is 0 Å². The molecular weight excluding hydrogens is 553 g/mol. The number of unbranched alkanes of at least 4 members (excludes halogenated alkanes) is 2. The molecule has 2 atom stereocenters. The fourth-order valence-electron chi connectivity index (χ4n) is 5.15. The number of benzene rings is 1. The number of amidine groups is 1. The van der Waals surface area contributed by atoms with Crippen LogP contribution in [0.5, 0.6) is 0 Å². The Hall–Kier alpha value is -2.95. The lowest BCUT2D eigenvalue weighted by Gasteiger charge is -2.35. The molecule has 1 aromatic carbocycles. The third-order valence-electron chi connectivity index (χ3n) is 6.90. The van der Waals surface area contributed by atoms with Gasteiger partial charge in [-0.2, -0.15) is 9.86 Å². The highest BCUT2D eigenvalue weighted by molar-refractivity contribution is 7.90. The normalized spacial score (nSPS) is 21.4. The Bertz CT molecular complexity index is 1480. The number of carbonyl (C=O) groups is 1. The summed E-state index contributed by atoms with van der Waals surface area (Å²) in [4.78, 5) is 15.3. The van der Waals surface area contributed by atoms with Crippen molar-refractivity contribution in [3.63, 3.8) is 0 Å². The van der Waals surface area contributed by atoms with E-state index in [2.05, 4.69) is 20.3 Å². The molecule has 0 spiro atoms. The number of hydrogen-bond donors (Lipinski definition) is 3. The van der Waals surface area contributed by atoms with E-state index in [0.29, 0.717) is 23.8 Å². The van der Waals surface area contributed by atoms with Gasteiger partial charge in [-0.3, -0.25) is 14.5 Å². The summed E-state index contributed by atoms with van der Waals surface area (Å²) < 4.78 is 47.0. The zero-order chi connectivity index (χ0) is 29.3. The molecule has 40 heavy (non-hydrogen) atoms. The maximum Gasteiger partial charge on any atom is 0.348 e. The Morgan fingerprint density at radius 3 is 2.55 bits per heavy atom. The van der Waals surface area contributed by atoms with Crippen molar-refractivity contribution in [2.24, 2.45) is 10.2 Å². The molecule has 3 heterocycles. The summed E-state index contributed by atoms with van der Waals surface area (Å²) in [6.45, 7) is 7.90. The molecule has 1 unspecified atom stereocenters. The first-order valence-electron chi connectivity index (χ1n) is 13.4. The first-order chi connectivity index (χ1) is 18.7. The number of sulfone groups is 1. The lowest BCUT2D eigenvalue weighted by atomic mass is 9.85. The van der Waals surface area contributed by atoms with Crippen LogP contribution in [-0.2, 0) is 36.7 Å². The molecule has 0 saturated heterocycles. The zero-order valence-electron chi connectivity index (χ0n) is 23.6. The van der Waals surface area contributed by atoms with Gasteiger partial charge in [0, 0.05) is 30.3 Å². The number of fused-ring (bicyclic) bond motifs is 1. The number of rotatable bonds is 11. The number of amides is 1. The third kappa shape index (κ3) is 6.50. The fraction of sp³-hybridized carbons (Fsp3) is 0.519. The highest BCUT2D eigenvalue weighted by atomic mass is 32.2. The van der Waals surface area contributed by atoms with Crippen molar-refractivity contribution in [3.05, 3.63) is 53.1 Å². The average molecular weight is 592 g/mol. The van der Waals surface area contributed by atoms with Crippen LogP contribution in [-0.4, -0.2) is 65.0 Å². The van der Waals surface area contributed by atoms with Crippen LogP contribution in [0.2, 0.25) is 0 Å². The number of nitrogens with zero attached hydrogens (tertiary/aromatic N) is 3. The predicted molar refractivity (Wildman–Crippen MR) is 156 cm³/mol. The molecule has 3 N–H and O–H groups in total. The van der Waals surface area contributed by atoms with E-state index in [1.807, 2.05) is 26.8 Å². The SMILES string of the molecule is CCOP1(=O)N=C(C2=C(O)[C@H](C(C)(C)C)N(Cc3cn[nH]c3)C2=O)Nc2ccc(CCCCCS(C)(=O)=O)cc21. The van der Waals surface area contributed by atoms with Gasteiger partial charge in [0.2, 0.25) is 0 Å². The molecule has 13 heteroatoms. The Kier molecular flexibility index (Phi) is 8.63. The van der Waals surface area contributed by atoms with Gasteiger partial charge in [-0.15, -0.1) is 0 Å². The summed E-state index contributed by atoms with van der Waals surface area (Å²) in [5, 5.41) is 21.6. The summed E-state index contributed by atoms with van der Waals surface area (Å²) in [6, 6.07) is 4.84. The van der Waals surface area contributed by atoms with Crippen LogP contribution in [0.4, 0.5) is 5.69 Å². The van der Waals surface area contributed by atoms with Gasteiger partial charge in [-0.25, -0.2) is 8.42 Å². The monoisotopic (exact) mass is 591 g/mol. The minimum Gasteiger partial charge on any atom is -0.509 e. The van der Waals surface area contributed by atoms with Crippen molar-refractivity contribution in [3.8, 4) is 0 Å². The highest BCUT2D eigenvalue weighted by Crippen LogP contribution is 2.52. The Morgan fingerprint density at radius 1 is 1.18 bits per heavy atom. The van der Waals surface area contributed by atoms with E-state index in [9.17, 15) is 22.9 Å². The minimum atomic E-state index is -3.78. The number of aryl methyl sites for hydroxylation is 1. The Labute approximate surface area is 235 Å². The Morgan fingerprint density at radius 2 is 1.93 bits per heavy atom. The van der Waals surface area contributed by atoms with Gasteiger partial charge in [-0.1, -0.05) is 33.3 Å². The standard InChI is InChI=1S/C27H38N5O6PS/c1-6-38-39(35)21-14-18(10-8-7-9-13-40(5,36)37)11-12-20(21)30-25(31-39)22-23(33)24(27(2,3)4)32(26(22)34)17-19-15-28-29-16-19/h11-12,14-16,24,33H,6-10,13,17H2,1-5H3,(H,28,29)(H,30,31,35)/t24-,39?/m1/s1. The lowest BCUT2D eigenvalue weighted by Crippen LogP contribution is -2.43. The molecule has 1 aromatic heterocycles. The van der Waals surface area contributed by atoms with Crippen LogP contribution >= 0.6 is 7.52 Å². The maximum absolute atomic E-state index is 14.1. The van der Waals surface area contributed by atoms with E-state index in [4.69, 9.17) is 4.52 Å².